The van der Waals surface area contributed by atoms with Crippen LogP contribution in [-0.4, -0.2) is 49.2 Å². The van der Waals surface area contributed by atoms with E-state index in [1.54, 1.807) is 0 Å². The van der Waals surface area contributed by atoms with Crippen LogP contribution >= 0.6 is 0 Å². The molecule has 0 aliphatic carbocycles. The first-order valence-electron chi connectivity index (χ1n) is 5.28. The maximum Gasteiger partial charge on any atom is 0.245 e. The zero-order chi connectivity index (χ0) is 10.4. The molecule has 0 aromatic carbocycles. The van der Waals surface area contributed by atoms with Crippen LogP contribution in [0.1, 0.15) is 19.3 Å². The van der Waals surface area contributed by atoms with E-state index in [0.717, 1.165) is 12.3 Å². The molecule has 0 atom stereocenters. The smallest absolute Gasteiger partial charge is 0.245 e. The van der Waals surface area contributed by atoms with Crippen LogP contribution in [0.5, 0.6) is 0 Å². The Balaban J connectivity index is 2.04. The number of piperidine rings is 1. The van der Waals surface area contributed by atoms with E-state index >= 15 is 0 Å². The van der Waals surface area contributed by atoms with Gasteiger partial charge >= 0.3 is 0 Å². The number of nitrogens with zero attached hydrogens (tertiary/aromatic N) is 1. The standard InChI is InChI=1S/C10H20N2O2/c1-12-6-3-9(4-7-12)2-5-11-10(14)8-13/h9,13H,2-8H2,1H3,(H,11,14). The number of nitrogens with one attached hydrogen (secondary N) is 1. The number of carbonyl (C=O) groups is 1. The number of amides is 1. The monoisotopic (exact) mass is 200 g/mol. The molecule has 0 aromatic rings. The second kappa shape index (κ2) is 5.98. The van der Waals surface area contributed by atoms with E-state index in [2.05, 4.69) is 17.3 Å². The van der Waals surface area contributed by atoms with Crippen molar-refractivity contribution < 1.29 is 9.90 Å². The Kier molecular flexibility index (Phi) is 4.90. The van der Waals surface area contributed by atoms with E-state index in [-0.39, 0.29) is 5.91 Å². The van der Waals surface area contributed by atoms with E-state index in [4.69, 9.17) is 5.11 Å². The molecule has 1 fully saturated rings. The zero-order valence-electron chi connectivity index (χ0n) is 8.83. The number of carbonyl (C=O) groups excluding carboxylic acids is 1. The minimum Gasteiger partial charge on any atom is -0.387 e. The summed E-state index contributed by atoms with van der Waals surface area (Å²) in [5, 5.41) is 11.2. The highest BCUT2D eigenvalue weighted by Crippen LogP contribution is 2.18. The second-order valence-electron chi connectivity index (χ2n) is 4.04. The summed E-state index contributed by atoms with van der Waals surface area (Å²) in [6.45, 7) is 2.64. The Hall–Kier alpha value is -0.610. The van der Waals surface area contributed by atoms with Gasteiger partial charge in [0.2, 0.25) is 5.91 Å². The van der Waals surface area contributed by atoms with Crippen molar-refractivity contribution in [1.29, 1.82) is 0 Å². The molecule has 4 nitrogen and oxygen atoms in total. The second-order valence-corrected chi connectivity index (χ2v) is 4.04. The van der Waals surface area contributed by atoms with Crippen LogP contribution in [0, 0.1) is 5.92 Å². The Morgan fingerprint density at radius 3 is 2.71 bits per heavy atom. The number of aliphatic hydroxyl groups excluding tert-OH is 1. The number of hydrogen-bond acceptors (Lipinski definition) is 3. The van der Waals surface area contributed by atoms with Crippen molar-refractivity contribution in [3.8, 4) is 0 Å². The molecule has 1 amide bonds. The summed E-state index contributed by atoms with van der Waals surface area (Å²) < 4.78 is 0. The Labute approximate surface area is 85.3 Å². The molecule has 4 heteroatoms. The first-order valence-corrected chi connectivity index (χ1v) is 5.28. The highest BCUT2D eigenvalue weighted by Gasteiger charge is 2.16. The Bertz CT molecular complexity index is 177. The van der Waals surface area contributed by atoms with Gasteiger partial charge in [0, 0.05) is 6.54 Å². The van der Waals surface area contributed by atoms with Crippen molar-refractivity contribution in [2.45, 2.75) is 19.3 Å². The van der Waals surface area contributed by atoms with Crippen LogP contribution in [-0.2, 0) is 4.79 Å². The molecule has 1 saturated heterocycles. The van der Waals surface area contributed by atoms with Crippen LogP contribution in [0.15, 0.2) is 0 Å². The summed E-state index contributed by atoms with van der Waals surface area (Å²) in [7, 11) is 2.14. The van der Waals surface area contributed by atoms with Crippen LogP contribution in [0.3, 0.4) is 0 Å². The van der Waals surface area contributed by atoms with Crippen molar-refractivity contribution in [1.82, 2.24) is 10.2 Å². The minimum absolute atomic E-state index is 0.266. The minimum atomic E-state index is -0.395. The van der Waals surface area contributed by atoms with Crippen molar-refractivity contribution in [3.63, 3.8) is 0 Å². The first-order chi connectivity index (χ1) is 6.72. The molecule has 1 heterocycles. The number of hydrogen-bond donors (Lipinski definition) is 2. The molecule has 0 spiro atoms. The third-order valence-electron chi connectivity index (χ3n) is 2.86. The third kappa shape index (κ3) is 4.07. The fraction of sp³-hybridized carbons (Fsp3) is 0.900. The van der Waals surface area contributed by atoms with Gasteiger partial charge in [0.05, 0.1) is 0 Å². The summed E-state index contributed by atoms with van der Waals surface area (Å²) in [6, 6.07) is 0. The van der Waals surface area contributed by atoms with E-state index < -0.39 is 6.61 Å². The molecule has 14 heavy (non-hydrogen) atoms. The number of aliphatic hydroxyl groups is 1. The van der Waals surface area contributed by atoms with Gasteiger partial charge in [0.1, 0.15) is 6.61 Å². The van der Waals surface area contributed by atoms with Crippen LogP contribution in [0.25, 0.3) is 0 Å². The van der Waals surface area contributed by atoms with Crippen molar-refractivity contribution in [2.24, 2.45) is 5.92 Å². The van der Waals surface area contributed by atoms with Crippen LogP contribution in [0.4, 0.5) is 0 Å². The van der Waals surface area contributed by atoms with Gasteiger partial charge in [-0.3, -0.25) is 4.79 Å². The summed E-state index contributed by atoms with van der Waals surface area (Å²) in [4.78, 5) is 13.1. The lowest BCUT2D eigenvalue weighted by molar-refractivity contribution is -0.123. The molecule has 1 aliphatic heterocycles. The van der Waals surface area contributed by atoms with Crippen LogP contribution in [0.2, 0.25) is 0 Å². The molecular formula is C10H20N2O2. The lowest BCUT2D eigenvalue weighted by Crippen LogP contribution is -2.33. The van der Waals surface area contributed by atoms with Gasteiger partial charge in [-0.25, -0.2) is 0 Å². The molecule has 1 aliphatic rings. The third-order valence-corrected chi connectivity index (χ3v) is 2.86. The quantitative estimate of drug-likeness (QED) is 0.662. The van der Waals surface area contributed by atoms with Gasteiger partial charge in [-0.15, -0.1) is 0 Å². The molecule has 0 bridgehead atoms. The van der Waals surface area contributed by atoms with Gasteiger partial charge in [0.15, 0.2) is 0 Å². The van der Waals surface area contributed by atoms with Gasteiger partial charge in [-0.1, -0.05) is 0 Å². The number of rotatable bonds is 4. The average Bonchev–Trinajstić information content (AvgIpc) is 2.21. The predicted octanol–water partition coefficient (Wildman–Crippen LogP) is -0.173. The normalized spacial score (nSPS) is 19.6. The summed E-state index contributed by atoms with van der Waals surface area (Å²) in [6.07, 6.45) is 3.50. The SMILES string of the molecule is CN1CCC(CCNC(=O)CO)CC1. The van der Waals surface area contributed by atoms with Crippen molar-refractivity contribution >= 4 is 5.91 Å². The topological polar surface area (TPSA) is 52.6 Å². The molecule has 82 valence electrons. The molecule has 2 N–H and O–H groups in total. The molecule has 0 unspecified atom stereocenters. The molecule has 0 aromatic heterocycles. The number of likely N-dealkylation sites (tertiary alicyclic amines) is 1. The molecule has 0 radical (unpaired) electrons. The van der Waals surface area contributed by atoms with E-state index in [0.29, 0.717) is 6.54 Å². The van der Waals surface area contributed by atoms with Crippen molar-refractivity contribution in [2.75, 3.05) is 33.3 Å². The summed E-state index contributed by atoms with van der Waals surface area (Å²) in [5.74, 6) is 0.475. The molecule has 1 rings (SSSR count). The largest absolute Gasteiger partial charge is 0.387 e. The zero-order valence-corrected chi connectivity index (χ0v) is 8.83. The Morgan fingerprint density at radius 1 is 1.50 bits per heavy atom. The lowest BCUT2D eigenvalue weighted by atomic mass is 9.94. The van der Waals surface area contributed by atoms with Gasteiger partial charge < -0.3 is 15.3 Å². The van der Waals surface area contributed by atoms with Gasteiger partial charge in [0.25, 0.3) is 0 Å². The summed E-state index contributed by atoms with van der Waals surface area (Å²) >= 11 is 0. The van der Waals surface area contributed by atoms with E-state index in [1.165, 1.54) is 25.9 Å². The maximum atomic E-state index is 10.7. The average molecular weight is 200 g/mol. The van der Waals surface area contributed by atoms with E-state index in [1.807, 2.05) is 0 Å². The molecule has 0 saturated carbocycles. The van der Waals surface area contributed by atoms with Crippen molar-refractivity contribution in [3.05, 3.63) is 0 Å². The maximum absolute atomic E-state index is 10.7. The highest BCUT2D eigenvalue weighted by molar-refractivity contribution is 5.76. The predicted molar refractivity (Wildman–Crippen MR) is 54.9 cm³/mol. The lowest BCUT2D eigenvalue weighted by Gasteiger charge is -2.28. The Morgan fingerprint density at radius 2 is 2.14 bits per heavy atom. The van der Waals surface area contributed by atoms with Crippen LogP contribution < -0.4 is 5.32 Å². The fourth-order valence-corrected chi connectivity index (χ4v) is 1.82. The van der Waals surface area contributed by atoms with E-state index in [9.17, 15) is 4.79 Å². The highest BCUT2D eigenvalue weighted by atomic mass is 16.3. The van der Waals surface area contributed by atoms with Gasteiger partial charge in [-0.05, 0) is 45.3 Å². The molecular weight excluding hydrogens is 180 g/mol. The first kappa shape index (κ1) is 11.5. The fourth-order valence-electron chi connectivity index (χ4n) is 1.82. The van der Waals surface area contributed by atoms with Gasteiger partial charge in [-0.2, -0.15) is 0 Å². The summed E-state index contributed by atoms with van der Waals surface area (Å²) in [5.41, 5.74) is 0.